The second kappa shape index (κ2) is 6.71. The van der Waals surface area contributed by atoms with Crippen LogP contribution in [0.4, 0.5) is 5.82 Å². The number of carboxylic acids is 1. The van der Waals surface area contributed by atoms with Gasteiger partial charge in [0.25, 0.3) is 0 Å². The van der Waals surface area contributed by atoms with Crippen LogP contribution < -0.4 is 5.32 Å². The van der Waals surface area contributed by atoms with E-state index in [0.717, 1.165) is 25.8 Å². The van der Waals surface area contributed by atoms with Gasteiger partial charge in [0.2, 0.25) is 5.91 Å². The van der Waals surface area contributed by atoms with Crippen molar-refractivity contribution in [3.8, 4) is 0 Å². The molecule has 7 nitrogen and oxygen atoms in total. The molecule has 2 N–H and O–H groups in total. The van der Waals surface area contributed by atoms with Crippen molar-refractivity contribution in [1.29, 1.82) is 0 Å². The van der Waals surface area contributed by atoms with Crippen LogP contribution in [0.2, 0.25) is 0 Å². The first kappa shape index (κ1) is 15.5. The minimum Gasteiger partial charge on any atom is -0.480 e. The van der Waals surface area contributed by atoms with Crippen molar-refractivity contribution < 1.29 is 14.7 Å². The van der Waals surface area contributed by atoms with Crippen LogP contribution in [0.15, 0.2) is 12.3 Å². The van der Waals surface area contributed by atoms with Crippen molar-refractivity contribution in [1.82, 2.24) is 14.7 Å². The Morgan fingerprint density at radius 3 is 2.86 bits per heavy atom. The molecular weight excluding hydrogens is 272 g/mol. The van der Waals surface area contributed by atoms with Crippen molar-refractivity contribution in [2.75, 3.05) is 11.9 Å². The third-order valence-corrected chi connectivity index (χ3v) is 3.62. The number of anilines is 1. The zero-order valence-electron chi connectivity index (χ0n) is 12.5. The molecule has 0 aromatic carbocycles. The van der Waals surface area contributed by atoms with Gasteiger partial charge in [0.1, 0.15) is 11.9 Å². The fourth-order valence-corrected chi connectivity index (χ4v) is 2.31. The third-order valence-electron chi connectivity index (χ3n) is 3.62. The molecule has 116 valence electrons. The number of aromatic nitrogens is 2. The van der Waals surface area contributed by atoms with Gasteiger partial charge in [0.15, 0.2) is 0 Å². The molecule has 1 fully saturated rings. The molecule has 1 heterocycles. The van der Waals surface area contributed by atoms with E-state index in [1.54, 1.807) is 28.8 Å². The fourth-order valence-electron chi connectivity index (χ4n) is 2.31. The lowest BCUT2D eigenvalue weighted by Gasteiger charge is -2.25. The highest BCUT2D eigenvalue weighted by atomic mass is 16.4. The molecule has 1 saturated carbocycles. The second-order valence-corrected chi connectivity index (χ2v) is 5.41. The van der Waals surface area contributed by atoms with Gasteiger partial charge in [-0.05, 0) is 26.2 Å². The van der Waals surface area contributed by atoms with Gasteiger partial charge in [0.05, 0.1) is 12.7 Å². The van der Waals surface area contributed by atoms with Gasteiger partial charge in [-0.15, -0.1) is 0 Å². The first-order valence-electron chi connectivity index (χ1n) is 7.33. The van der Waals surface area contributed by atoms with Gasteiger partial charge in [-0.3, -0.25) is 14.5 Å². The van der Waals surface area contributed by atoms with Crippen molar-refractivity contribution in [2.45, 2.75) is 51.7 Å². The molecule has 2 rings (SSSR count). The lowest BCUT2D eigenvalue weighted by Crippen LogP contribution is -2.45. The Kier molecular flexibility index (Phi) is 4.95. The number of carboxylic acid groups (broad SMARTS) is 1. The molecule has 21 heavy (non-hydrogen) atoms. The first-order chi connectivity index (χ1) is 10.0. The van der Waals surface area contributed by atoms with E-state index in [4.69, 9.17) is 5.11 Å². The normalized spacial score (nSPS) is 16.0. The van der Waals surface area contributed by atoms with Crippen LogP contribution in [0.3, 0.4) is 0 Å². The van der Waals surface area contributed by atoms with E-state index in [0.29, 0.717) is 5.82 Å². The highest BCUT2D eigenvalue weighted by Crippen LogP contribution is 2.28. The topological polar surface area (TPSA) is 87.5 Å². The summed E-state index contributed by atoms with van der Waals surface area (Å²) in [7, 11) is 0. The molecule has 1 aromatic rings. The van der Waals surface area contributed by atoms with Gasteiger partial charge in [0, 0.05) is 18.7 Å². The molecule has 1 aliphatic carbocycles. The Morgan fingerprint density at radius 1 is 1.57 bits per heavy atom. The maximum absolute atomic E-state index is 12.1. The highest BCUT2D eigenvalue weighted by Gasteiger charge is 2.36. The van der Waals surface area contributed by atoms with Gasteiger partial charge in [-0.2, -0.15) is 5.10 Å². The van der Waals surface area contributed by atoms with Gasteiger partial charge in [-0.1, -0.05) is 6.92 Å². The van der Waals surface area contributed by atoms with Crippen molar-refractivity contribution in [3.05, 3.63) is 12.3 Å². The summed E-state index contributed by atoms with van der Waals surface area (Å²) in [5.74, 6) is -0.445. The molecule has 1 aliphatic rings. The van der Waals surface area contributed by atoms with Crippen LogP contribution in [-0.4, -0.2) is 50.3 Å². The number of nitrogens with one attached hydrogen (secondary N) is 1. The first-order valence-corrected chi connectivity index (χ1v) is 7.33. The van der Waals surface area contributed by atoms with Crippen molar-refractivity contribution in [2.24, 2.45) is 0 Å². The van der Waals surface area contributed by atoms with Crippen molar-refractivity contribution >= 4 is 17.7 Å². The van der Waals surface area contributed by atoms with Gasteiger partial charge >= 0.3 is 5.97 Å². The quantitative estimate of drug-likeness (QED) is 0.751. The average Bonchev–Trinajstić information content (AvgIpc) is 3.19. The summed E-state index contributed by atoms with van der Waals surface area (Å²) >= 11 is 0. The molecule has 0 spiro atoms. The SMILES string of the molecule is CCCn1nccc1NC(=O)CN(C1CC1)C(C)C(=O)O. The van der Waals surface area contributed by atoms with Gasteiger partial charge < -0.3 is 10.4 Å². The molecule has 1 atom stereocenters. The smallest absolute Gasteiger partial charge is 0.320 e. The van der Waals surface area contributed by atoms with E-state index in [9.17, 15) is 9.59 Å². The van der Waals surface area contributed by atoms with E-state index in [1.165, 1.54) is 0 Å². The predicted octanol–water partition coefficient (Wildman–Crippen LogP) is 1.17. The van der Waals surface area contributed by atoms with E-state index in [1.807, 2.05) is 6.92 Å². The minimum atomic E-state index is -0.897. The van der Waals surface area contributed by atoms with Crippen LogP contribution in [0.5, 0.6) is 0 Å². The van der Waals surface area contributed by atoms with Gasteiger partial charge in [-0.25, -0.2) is 4.68 Å². The van der Waals surface area contributed by atoms with Crippen LogP contribution in [0, 0.1) is 0 Å². The Hall–Kier alpha value is -1.89. The lowest BCUT2D eigenvalue weighted by molar-refractivity contribution is -0.143. The van der Waals surface area contributed by atoms with E-state index in [-0.39, 0.29) is 18.5 Å². The molecule has 1 amide bonds. The monoisotopic (exact) mass is 294 g/mol. The number of carbonyl (C=O) groups is 2. The summed E-state index contributed by atoms with van der Waals surface area (Å²) in [4.78, 5) is 25.0. The average molecular weight is 294 g/mol. The minimum absolute atomic E-state index is 0.0927. The summed E-state index contributed by atoms with van der Waals surface area (Å²) in [5.41, 5.74) is 0. The standard InChI is InChI=1S/C14H22N4O3/c1-3-8-18-12(6-7-15-18)16-13(19)9-17(11-4-5-11)10(2)14(20)21/h6-7,10-11H,3-5,8-9H2,1-2H3,(H,16,19)(H,20,21). The van der Waals surface area contributed by atoms with E-state index in [2.05, 4.69) is 10.4 Å². The van der Waals surface area contributed by atoms with Crippen LogP contribution in [-0.2, 0) is 16.1 Å². The maximum atomic E-state index is 12.1. The summed E-state index contributed by atoms with van der Waals surface area (Å²) in [6.45, 7) is 4.49. The number of nitrogens with zero attached hydrogens (tertiary/aromatic N) is 3. The number of rotatable bonds is 8. The molecular formula is C14H22N4O3. The Balaban J connectivity index is 1.96. The molecule has 1 aromatic heterocycles. The molecule has 0 radical (unpaired) electrons. The number of aliphatic carboxylic acids is 1. The Labute approximate surface area is 123 Å². The lowest BCUT2D eigenvalue weighted by atomic mass is 10.2. The van der Waals surface area contributed by atoms with Crippen LogP contribution in [0.1, 0.15) is 33.1 Å². The molecule has 0 aliphatic heterocycles. The molecule has 1 unspecified atom stereocenters. The van der Waals surface area contributed by atoms with Crippen LogP contribution >= 0.6 is 0 Å². The molecule has 0 bridgehead atoms. The third kappa shape index (κ3) is 4.04. The van der Waals surface area contributed by atoms with E-state index >= 15 is 0 Å². The predicted molar refractivity (Wildman–Crippen MR) is 78.0 cm³/mol. The van der Waals surface area contributed by atoms with E-state index < -0.39 is 12.0 Å². The maximum Gasteiger partial charge on any atom is 0.320 e. The summed E-state index contributed by atoms with van der Waals surface area (Å²) in [6, 6.07) is 1.31. The summed E-state index contributed by atoms with van der Waals surface area (Å²) < 4.78 is 1.74. The number of carbonyl (C=O) groups excluding carboxylic acids is 1. The molecule has 7 heteroatoms. The zero-order valence-corrected chi connectivity index (χ0v) is 12.5. The highest BCUT2D eigenvalue weighted by molar-refractivity contribution is 5.91. The molecule has 0 saturated heterocycles. The number of hydrogen-bond acceptors (Lipinski definition) is 4. The largest absolute Gasteiger partial charge is 0.480 e. The fraction of sp³-hybridized carbons (Fsp3) is 0.643. The Bertz CT molecular complexity index is 510. The zero-order chi connectivity index (χ0) is 15.4. The van der Waals surface area contributed by atoms with Crippen LogP contribution in [0.25, 0.3) is 0 Å². The number of amides is 1. The number of aryl methyl sites for hydroxylation is 1. The van der Waals surface area contributed by atoms with Crippen molar-refractivity contribution in [3.63, 3.8) is 0 Å². The Morgan fingerprint density at radius 2 is 2.29 bits per heavy atom. The summed E-state index contributed by atoms with van der Waals surface area (Å²) in [6.07, 6.45) is 4.48. The second-order valence-electron chi connectivity index (χ2n) is 5.41. The number of hydrogen-bond donors (Lipinski definition) is 2. The summed E-state index contributed by atoms with van der Waals surface area (Å²) in [5, 5.41) is 16.1.